The zero-order valence-electron chi connectivity index (χ0n) is 17.0. The zero-order chi connectivity index (χ0) is 21.0. The second-order valence-corrected chi connectivity index (χ2v) is 7.60. The SMILES string of the molecule is COc1c2c(c(OC)c3c(=O)c(-c4ccc5c(c4)OCO5)coc13)C=CC(C)(C)O2. The molecule has 30 heavy (non-hydrogen) atoms. The predicted molar refractivity (Wildman–Crippen MR) is 111 cm³/mol. The van der Waals surface area contributed by atoms with Gasteiger partial charge < -0.3 is 28.1 Å². The monoisotopic (exact) mass is 408 g/mol. The smallest absolute Gasteiger partial charge is 0.231 e. The summed E-state index contributed by atoms with van der Waals surface area (Å²) in [6.07, 6.45) is 5.21. The molecule has 0 unspecified atom stereocenters. The second kappa shape index (κ2) is 6.45. The summed E-state index contributed by atoms with van der Waals surface area (Å²) in [5.41, 5.74) is 1.16. The van der Waals surface area contributed by atoms with Gasteiger partial charge in [0, 0.05) is 0 Å². The van der Waals surface area contributed by atoms with Crippen LogP contribution in [0.3, 0.4) is 0 Å². The molecule has 1 aromatic heterocycles. The second-order valence-electron chi connectivity index (χ2n) is 7.60. The first-order valence-corrected chi connectivity index (χ1v) is 9.45. The van der Waals surface area contributed by atoms with E-state index in [0.29, 0.717) is 45.4 Å². The number of methoxy groups -OCH3 is 2. The molecule has 3 heterocycles. The summed E-state index contributed by atoms with van der Waals surface area (Å²) in [5.74, 6) is 2.44. The summed E-state index contributed by atoms with van der Waals surface area (Å²) in [5, 5.41) is 0.288. The lowest BCUT2D eigenvalue weighted by atomic mass is 9.97. The van der Waals surface area contributed by atoms with Gasteiger partial charge >= 0.3 is 0 Å². The van der Waals surface area contributed by atoms with E-state index in [2.05, 4.69) is 0 Å². The summed E-state index contributed by atoms with van der Waals surface area (Å²) in [6, 6.07) is 5.32. The van der Waals surface area contributed by atoms with Crippen molar-refractivity contribution in [1.29, 1.82) is 0 Å². The highest BCUT2D eigenvalue weighted by molar-refractivity contribution is 5.98. The molecule has 0 saturated heterocycles. The van der Waals surface area contributed by atoms with Crippen LogP contribution in [0.2, 0.25) is 0 Å². The van der Waals surface area contributed by atoms with E-state index in [1.807, 2.05) is 26.0 Å². The Kier molecular flexibility index (Phi) is 3.96. The van der Waals surface area contributed by atoms with Gasteiger partial charge in [-0.25, -0.2) is 0 Å². The van der Waals surface area contributed by atoms with E-state index in [0.717, 1.165) is 0 Å². The van der Waals surface area contributed by atoms with Crippen LogP contribution in [0.5, 0.6) is 28.7 Å². The molecule has 154 valence electrons. The van der Waals surface area contributed by atoms with Gasteiger partial charge in [0.15, 0.2) is 22.8 Å². The maximum Gasteiger partial charge on any atom is 0.231 e. The lowest BCUT2D eigenvalue weighted by molar-refractivity contribution is 0.151. The Balaban J connectivity index is 1.81. The molecular formula is C23H20O7. The van der Waals surface area contributed by atoms with E-state index < -0.39 is 5.60 Å². The molecule has 0 spiro atoms. The molecular weight excluding hydrogens is 388 g/mol. The number of hydrogen-bond donors (Lipinski definition) is 0. The standard InChI is InChI=1S/C23H20O7/c1-23(2)8-7-13-19(25-3)17-18(24)14(10-27-21(17)22(26-4)20(13)30-23)12-5-6-15-16(9-12)29-11-28-15/h5-10H,11H2,1-4H3. The fourth-order valence-electron chi connectivity index (χ4n) is 3.80. The van der Waals surface area contributed by atoms with E-state index in [1.165, 1.54) is 20.5 Å². The molecule has 0 amide bonds. The molecule has 0 N–H and O–H groups in total. The topological polar surface area (TPSA) is 76.4 Å². The third-order valence-corrected chi connectivity index (χ3v) is 5.23. The summed E-state index contributed by atoms with van der Waals surface area (Å²) < 4.78 is 34.1. The van der Waals surface area contributed by atoms with Crippen LogP contribution in [0.25, 0.3) is 28.2 Å². The first-order valence-electron chi connectivity index (χ1n) is 9.45. The minimum Gasteiger partial charge on any atom is -0.495 e. The number of benzene rings is 2. The van der Waals surface area contributed by atoms with Gasteiger partial charge in [0.05, 0.1) is 25.3 Å². The Morgan fingerprint density at radius 2 is 1.80 bits per heavy atom. The van der Waals surface area contributed by atoms with Crippen LogP contribution in [-0.4, -0.2) is 26.6 Å². The highest BCUT2D eigenvalue weighted by atomic mass is 16.7. The number of ether oxygens (including phenoxy) is 5. The molecule has 0 fully saturated rings. The Labute approximate surface area is 172 Å². The molecule has 5 rings (SSSR count). The average Bonchev–Trinajstić information content (AvgIpc) is 3.19. The molecule has 0 aliphatic carbocycles. The maximum absolute atomic E-state index is 13.6. The number of rotatable bonds is 3. The summed E-state index contributed by atoms with van der Waals surface area (Å²) >= 11 is 0. The van der Waals surface area contributed by atoms with Crippen molar-refractivity contribution in [2.75, 3.05) is 21.0 Å². The fraction of sp³-hybridized carbons (Fsp3) is 0.261. The largest absolute Gasteiger partial charge is 0.495 e. The van der Waals surface area contributed by atoms with E-state index in [-0.39, 0.29) is 23.2 Å². The quantitative estimate of drug-likeness (QED) is 0.636. The highest BCUT2D eigenvalue weighted by Crippen LogP contribution is 2.49. The normalized spacial score (nSPS) is 15.6. The Bertz CT molecular complexity index is 1270. The summed E-state index contributed by atoms with van der Waals surface area (Å²) in [4.78, 5) is 13.6. The van der Waals surface area contributed by atoms with Crippen LogP contribution in [0, 0.1) is 0 Å². The van der Waals surface area contributed by atoms with Crippen LogP contribution in [0.4, 0.5) is 0 Å². The lowest BCUT2D eigenvalue weighted by Crippen LogP contribution is -2.28. The molecule has 0 saturated carbocycles. The molecule has 2 aliphatic heterocycles. The van der Waals surface area contributed by atoms with E-state index in [1.54, 1.807) is 18.2 Å². The minimum absolute atomic E-state index is 0.158. The number of fused-ring (bicyclic) bond motifs is 3. The lowest BCUT2D eigenvalue weighted by Gasteiger charge is -2.30. The van der Waals surface area contributed by atoms with Gasteiger partial charge in [-0.05, 0) is 43.7 Å². The molecule has 7 nitrogen and oxygen atoms in total. The van der Waals surface area contributed by atoms with Crippen molar-refractivity contribution in [2.24, 2.45) is 0 Å². The van der Waals surface area contributed by atoms with E-state index in [4.69, 9.17) is 28.1 Å². The Morgan fingerprint density at radius 1 is 1.03 bits per heavy atom. The molecule has 2 aromatic carbocycles. The van der Waals surface area contributed by atoms with Crippen molar-refractivity contribution in [3.63, 3.8) is 0 Å². The molecule has 7 heteroatoms. The first-order chi connectivity index (χ1) is 14.4. The van der Waals surface area contributed by atoms with Crippen molar-refractivity contribution in [3.8, 4) is 39.9 Å². The summed E-state index contributed by atoms with van der Waals surface area (Å²) in [6.45, 7) is 4.02. The Morgan fingerprint density at radius 3 is 2.57 bits per heavy atom. The van der Waals surface area contributed by atoms with Crippen LogP contribution >= 0.6 is 0 Å². The molecule has 0 atom stereocenters. The minimum atomic E-state index is -0.536. The third-order valence-electron chi connectivity index (χ3n) is 5.23. The van der Waals surface area contributed by atoms with Crippen molar-refractivity contribution in [3.05, 3.63) is 46.3 Å². The first kappa shape index (κ1) is 18.4. The molecule has 0 bridgehead atoms. The maximum atomic E-state index is 13.6. The van der Waals surface area contributed by atoms with E-state index in [9.17, 15) is 4.79 Å². The molecule has 2 aliphatic rings. The zero-order valence-corrected chi connectivity index (χ0v) is 17.0. The predicted octanol–water partition coefficient (Wildman–Crippen LogP) is 4.39. The van der Waals surface area contributed by atoms with Gasteiger partial charge in [-0.3, -0.25) is 4.79 Å². The Hall–Kier alpha value is -3.61. The van der Waals surface area contributed by atoms with Crippen LogP contribution < -0.4 is 29.1 Å². The van der Waals surface area contributed by atoms with Gasteiger partial charge in [0.25, 0.3) is 0 Å². The van der Waals surface area contributed by atoms with Crippen LogP contribution in [0.15, 0.2) is 39.7 Å². The van der Waals surface area contributed by atoms with Crippen LogP contribution in [-0.2, 0) is 0 Å². The van der Waals surface area contributed by atoms with Gasteiger partial charge in [-0.15, -0.1) is 0 Å². The molecule has 0 radical (unpaired) electrons. The van der Waals surface area contributed by atoms with E-state index >= 15 is 0 Å². The van der Waals surface area contributed by atoms with Gasteiger partial charge in [0.2, 0.25) is 18.0 Å². The van der Waals surface area contributed by atoms with Gasteiger partial charge in [-0.1, -0.05) is 6.07 Å². The van der Waals surface area contributed by atoms with Gasteiger partial charge in [-0.2, -0.15) is 0 Å². The highest BCUT2D eigenvalue weighted by Gasteiger charge is 2.32. The number of hydrogen-bond acceptors (Lipinski definition) is 7. The van der Waals surface area contributed by atoms with Crippen molar-refractivity contribution in [1.82, 2.24) is 0 Å². The summed E-state index contributed by atoms with van der Waals surface area (Å²) in [7, 11) is 3.03. The average molecular weight is 408 g/mol. The van der Waals surface area contributed by atoms with Crippen LogP contribution in [0.1, 0.15) is 19.4 Å². The van der Waals surface area contributed by atoms with Crippen molar-refractivity contribution < 1.29 is 28.1 Å². The van der Waals surface area contributed by atoms with Crippen molar-refractivity contribution in [2.45, 2.75) is 19.4 Å². The third kappa shape index (κ3) is 2.62. The fourth-order valence-corrected chi connectivity index (χ4v) is 3.80. The van der Waals surface area contributed by atoms with Crippen molar-refractivity contribution >= 4 is 17.0 Å². The van der Waals surface area contributed by atoms with Gasteiger partial charge in [0.1, 0.15) is 23.0 Å². The molecule has 3 aromatic rings.